The van der Waals surface area contributed by atoms with Gasteiger partial charge in [-0.3, -0.25) is 0 Å². The zero-order valence-electron chi connectivity index (χ0n) is 13.3. The third-order valence-corrected chi connectivity index (χ3v) is 4.62. The van der Waals surface area contributed by atoms with Gasteiger partial charge in [0.25, 0.3) is 0 Å². The maximum absolute atomic E-state index is 12.8. The quantitative estimate of drug-likeness (QED) is 0.678. The molecule has 2 aliphatic rings. The highest BCUT2D eigenvalue weighted by atomic mass is 79.9. The van der Waals surface area contributed by atoms with E-state index in [4.69, 9.17) is 9.47 Å². The topological polar surface area (TPSA) is 21.7 Å². The van der Waals surface area contributed by atoms with Crippen molar-refractivity contribution in [1.82, 2.24) is 0 Å². The fourth-order valence-electron chi connectivity index (χ4n) is 2.81. The Labute approximate surface area is 142 Å². The van der Waals surface area contributed by atoms with E-state index in [1.54, 1.807) is 0 Å². The molecule has 7 heteroatoms. The minimum Gasteiger partial charge on any atom is -0.370 e. The van der Waals surface area contributed by atoms with E-state index in [1.165, 1.54) is 12.1 Å². The molecule has 0 amide bonds. The lowest BCUT2D eigenvalue weighted by Gasteiger charge is -2.39. The summed E-state index contributed by atoms with van der Waals surface area (Å²) in [4.78, 5) is 1.94. The maximum Gasteiger partial charge on any atom is 0.416 e. The minimum absolute atomic E-state index is 0.523. The molecule has 3 rings (SSSR count). The summed E-state index contributed by atoms with van der Waals surface area (Å²) in [6.45, 7) is 6.40. The van der Waals surface area contributed by atoms with E-state index in [0.29, 0.717) is 49.3 Å². The van der Waals surface area contributed by atoms with Crippen molar-refractivity contribution >= 4 is 21.6 Å². The summed E-state index contributed by atoms with van der Waals surface area (Å²) in [6, 6.07) is 3.73. The predicted molar refractivity (Wildman–Crippen MR) is 86.6 cm³/mol. The van der Waals surface area contributed by atoms with Crippen LogP contribution in [0.15, 0.2) is 22.7 Å². The number of nitrogens with zero attached hydrogens (tertiary/aromatic N) is 1. The van der Waals surface area contributed by atoms with Crippen LogP contribution in [0.25, 0.3) is 0 Å². The van der Waals surface area contributed by atoms with Crippen LogP contribution < -0.4 is 4.90 Å². The summed E-state index contributed by atoms with van der Waals surface area (Å²) in [5.74, 6) is -0.523. The molecular formula is C16H21BrF3NO2. The van der Waals surface area contributed by atoms with Crippen molar-refractivity contribution in [3.05, 3.63) is 28.2 Å². The normalized spacial score (nSPS) is 20.3. The van der Waals surface area contributed by atoms with Gasteiger partial charge in [0.05, 0.1) is 24.5 Å². The summed E-state index contributed by atoms with van der Waals surface area (Å²) in [5, 5.41) is 0. The zero-order chi connectivity index (χ0) is 17.1. The smallest absolute Gasteiger partial charge is 0.370 e. The van der Waals surface area contributed by atoms with Gasteiger partial charge in [0, 0.05) is 30.4 Å². The van der Waals surface area contributed by atoms with Crippen LogP contribution in [0.1, 0.15) is 32.3 Å². The molecule has 0 aromatic heterocycles. The lowest BCUT2D eigenvalue weighted by Crippen LogP contribution is -2.45. The number of rotatable bonds is 1. The van der Waals surface area contributed by atoms with Gasteiger partial charge in [-0.25, -0.2) is 0 Å². The molecule has 2 saturated heterocycles. The zero-order valence-corrected chi connectivity index (χ0v) is 14.8. The first-order valence-corrected chi connectivity index (χ1v) is 8.59. The van der Waals surface area contributed by atoms with Gasteiger partial charge in [0.1, 0.15) is 0 Å². The molecule has 23 heavy (non-hydrogen) atoms. The van der Waals surface area contributed by atoms with Crippen molar-refractivity contribution in [2.75, 3.05) is 31.2 Å². The van der Waals surface area contributed by atoms with Crippen molar-refractivity contribution in [2.45, 2.75) is 38.7 Å². The fraction of sp³-hybridized carbons (Fsp3) is 0.625. The lowest BCUT2D eigenvalue weighted by atomic mass is 10.0. The molecule has 0 atom stereocenters. The molecule has 3 nitrogen and oxygen atoms in total. The van der Waals surface area contributed by atoms with Crippen LogP contribution >= 0.6 is 15.9 Å². The van der Waals surface area contributed by atoms with Crippen LogP contribution in [0, 0.1) is 0 Å². The first kappa shape index (κ1) is 18.5. The Morgan fingerprint density at radius 1 is 1.09 bits per heavy atom. The van der Waals surface area contributed by atoms with Crippen LogP contribution in [0.2, 0.25) is 0 Å². The van der Waals surface area contributed by atoms with Crippen LogP contribution in [0.4, 0.5) is 18.9 Å². The van der Waals surface area contributed by atoms with Crippen molar-refractivity contribution in [1.29, 1.82) is 0 Å². The molecule has 0 aliphatic carbocycles. The maximum atomic E-state index is 12.8. The molecule has 2 aliphatic heterocycles. The third-order valence-electron chi connectivity index (χ3n) is 3.95. The summed E-state index contributed by atoms with van der Waals surface area (Å²) in [5.41, 5.74) is -0.0629. The summed E-state index contributed by atoms with van der Waals surface area (Å²) in [7, 11) is 0. The molecule has 1 aromatic rings. The molecule has 0 saturated carbocycles. The Hall–Kier alpha value is -0.790. The van der Waals surface area contributed by atoms with E-state index < -0.39 is 17.5 Å². The van der Waals surface area contributed by atoms with Crippen molar-refractivity contribution in [3.8, 4) is 0 Å². The summed E-state index contributed by atoms with van der Waals surface area (Å²) >= 11 is 3.34. The number of piperidine rings is 1. The molecule has 0 radical (unpaired) electrons. The number of benzene rings is 1. The Morgan fingerprint density at radius 2 is 1.65 bits per heavy atom. The molecule has 2 heterocycles. The van der Waals surface area contributed by atoms with Gasteiger partial charge in [0.2, 0.25) is 0 Å². The number of halogens is 4. The monoisotopic (exact) mass is 395 g/mol. The van der Waals surface area contributed by atoms with Gasteiger partial charge in [-0.1, -0.05) is 13.8 Å². The first-order valence-electron chi connectivity index (χ1n) is 7.79. The second-order valence-corrected chi connectivity index (χ2v) is 6.11. The molecule has 2 fully saturated rings. The van der Waals surface area contributed by atoms with E-state index in [2.05, 4.69) is 15.9 Å². The number of alkyl halides is 3. The van der Waals surface area contributed by atoms with E-state index >= 15 is 0 Å². The lowest BCUT2D eigenvalue weighted by molar-refractivity contribution is -0.169. The largest absolute Gasteiger partial charge is 0.416 e. The standard InChI is InChI=1S/C14H15BrF3NO2.C2H6/c15-11-2-1-10(14(16,17)18)9-12(11)19-5-3-13(4-6-19)20-7-8-21-13;1-2/h1-2,9H,3-8H2;1-2H3. The number of ether oxygens (including phenoxy) is 2. The second kappa shape index (κ2) is 7.40. The van der Waals surface area contributed by atoms with Crippen molar-refractivity contribution in [2.24, 2.45) is 0 Å². The molecule has 0 unspecified atom stereocenters. The van der Waals surface area contributed by atoms with E-state index in [0.717, 1.165) is 6.07 Å². The average molecular weight is 396 g/mol. The Morgan fingerprint density at radius 3 is 2.17 bits per heavy atom. The predicted octanol–water partition coefficient (Wildman–Crippen LogP) is 4.84. The van der Waals surface area contributed by atoms with Gasteiger partial charge in [-0.2, -0.15) is 13.2 Å². The molecule has 1 spiro atoms. The van der Waals surface area contributed by atoms with E-state index in [1.807, 2.05) is 18.7 Å². The summed E-state index contributed by atoms with van der Waals surface area (Å²) in [6.07, 6.45) is -3.00. The van der Waals surface area contributed by atoms with Crippen molar-refractivity contribution < 1.29 is 22.6 Å². The van der Waals surface area contributed by atoms with Gasteiger partial charge in [-0.15, -0.1) is 0 Å². The summed E-state index contributed by atoms with van der Waals surface area (Å²) < 4.78 is 50.4. The second-order valence-electron chi connectivity index (χ2n) is 5.26. The van der Waals surface area contributed by atoms with Crippen LogP contribution in [0.3, 0.4) is 0 Å². The molecule has 0 bridgehead atoms. The van der Waals surface area contributed by atoms with E-state index in [-0.39, 0.29) is 0 Å². The van der Waals surface area contributed by atoms with Crippen LogP contribution in [-0.4, -0.2) is 32.1 Å². The van der Waals surface area contributed by atoms with Crippen LogP contribution in [0.5, 0.6) is 0 Å². The Balaban J connectivity index is 0.000000924. The molecular weight excluding hydrogens is 375 g/mol. The highest BCUT2D eigenvalue weighted by Gasteiger charge is 2.40. The third kappa shape index (κ3) is 4.19. The number of hydrogen-bond acceptors (Lipinski definition) is 3. The Bertz CT molecular complexity index is 521. The van der Waals surface area contributed by atoms with Gasteiger partial charge in [-0.05, 0) is 34.1 Å². The van der Waals surface area contributed by atoms with Gasteiger partial charge < -0.3 is 14.4 Å². The SMILES string of the molecule is CC.FC(F)(F)c1ccc(Br)c(N2CCC3(CC2)OCCO3)c1. The average Bonchev–Trinajstić information content (AvgIpc) is 2.98. The van der Waals surface area contributed by atoms with E-state index in [9.17, 15) is 13.2 Å². The molecule has 0 N–H and O–H groups in total. The highest BCUT2D eigenvalue weighted by Crippen LogP contribution is 2.38. The van der Waals surface area contributed by atoms with Gasteiger partial charge >= 0.3 is 6.18 Å². The van der Waals surface area contributed by atoms with Crippen molar-refractivity contribution in [3.63, 3.8) is 0 Å². The number of anilines is 1. The highest BCUT2D eigenvalue weighted by molar-refractivity contribution is 9.10. The van der Waals surface area contributed by atoms with Crippen LogP contribution in [-0.2, 0) is 15.7 Å². The Kier molecular flexibility index (Phi) is 5.97. The fourth-order valence-corrected chi connectivity index (χ4v) is 3.30. The van der Waals surface area contributed by atoms with Gasteiger partial charge in [0.15, 0.2) is 5.79 Å². The minimum atomic E-state index is -4.33. The first-order chi connectivity index (χ1) is 10.9. The molecule has 130 valence electrons. The number of hydrogen-bond donors (Lipinski definition) is 0. The molecule has 1 aromatic carbocycles.